The van der Waals surface area contributed by atoms with E-state index in [4.69, 9.17) is 14.2 Å². The molecule has 0 radical (unpaired) electrons. The van der Waals surface area contributed by atoms with Gasteiger partial charge in [0.05, 0.1) is 25.4 Å². The van der Waals surface area contributed by atoms with E-state index in [-0.39, 0.29) is 30.1 Å². The Morgan fingerprint density at radius 2 is 1.73 bits per heavy atom. The molecule has 0 N–H and O–H groups in total. The number of rotatable bonds is 8. The summed E-state index contributed by atoms with van der Waals surface area (Å²) in [5, 5.41) is 0. The summed E-state index contributed by atoms with van der Waals surface area (Å²) in [7, 11) is 0. The minimum Gasteiger partial charge on any atom is -0.491 e. The Kier molecular flexibility index (Phi) is 8.15. The second kappa shape index (κ2) is 11.3. The summed E-state index contributed by atoms with van der Waals surface area (Å²) in [6, 6.07) is 10.5. The van der Waals surface area contributed by atoms with Crippen molar-refractivity contribution in [2.24, 2.45) is 11.8 Å². The van der Waals surface area contributed by atoms with Crippen molar-refractivity contribution in [1.82, 2.24) is 0 Å². The molecule has 0 bridgehead atoms. The maximum Gasteiger partial charge on any atom is 0.201 e. The van der Waals surface area contributed by atoms with Gasteiger partial charge in [0.2, 0.25) is 5.82 Å². The summed E-state index contributed by atoms with van der Waals surface area (Å²) in [6.45, 7) is 7.35. The van der Waals surface area contributed by atoms with Gasteiger partial charge in [-0.25, -0.2) is 4.39 Å². The van der Waals surface area contributed by atoms with Crippen LogP contribution < -0.4 is 4.74 Å². The van der Waals surface area contributed by atoms with Crippen molar-refractivity contribution < 1.29 is 23.0 Å². The van der Waals surface area contributed by atoms with Crippen molar-refractivity contribution in [3.63, 3.8) is 0 Å². The SMILES string of the molecule is C=CC1CCC(COC2CCC(c3ccc(-c4ccc(OCC)c(F)c4F)cc3)OC2)CC1. The fourth-order valence-corrected chi connectivity index (χ4v) is 4.88. The molecule has 5 heteroatoms. The van der Waals surface area contributed by atoms with Gasteiger partial charge in [0.25, 0.3) is 0 Å². The van der Waals surface area contributed by atoms with Gasteiger partial charge in [0.1, 0.15) is 0 Å². The van der Waals surface area contributed by atoms with Gasteiger partial charge in [0.15, 0.2) is 11.6 Å². The van der Waals surface area contributed by atoms with Crippen LogP contribution in [0.4, 0.5) is 8.78 Å². The van der Waals surface area contributed by atoms with E-state index in [0.29, 0.717) is 24.0 Å². The van der Waals surface area contributed by atoms with Crippen LogP contribution in [0.25, 0.3) is 11.1 Å². The van der Waals surface area contributed by atoms with Crippen molar-refractivity contribution in [3.05, 3.63) is 66.3 Å². The van der Waals surface area contributed by atoms with Gasteiger partial charge in [0, 0.05) is 12.2 Å². The minimum atomic E-state index is -0.950. The van der Waals surface area contributed by atoms with Gasteiger partial charge in [-0.05, 0) is 80.5 Å². The van der Waals surface area contributed by atoms with Crippen LogP contribution in [0, 0.1) is 23.5 Å². The van der Waals surface area contributed by atoms with E-state index in [1.165, 1.54) is 31.7 Å². The van der Waals surface area contributed by atoms with E-state index in [1.54, 1.807) is 13.0 Å². The first-order valence-electron chi connectivity index (χ1n) is 12.2. The van der Waals surface area contributed by atoms with Gasteiger partial charge < -0.3 is 14.2 Å². The summed E-state index contributed by atoms with van der Waals surface area (Å²) in [4.78, 5) is 0. The number of hydrogen-bond donors (Lipinski definition) is 0. The van der Waals surface area contributed by atoms with Gasteiger partial charge in [-0.15, -0.1) is 6.58 Å². The fourth-order valence-electron chi connectivity index (χ4n) is 4.88. The van der Waals surface area contributed by atoms with E-state index in [9.17, 15) is 8.78 Å². The summed E-state index contributed by atoms with van der Waals surface area (Å²) < 4.78 is 46.1. The maximum absolute atomic E-state index is 14.5. The maximum atomic E-state index is 14.5. The van der Waals surface area contributed by atoms with E-state index < -0.39 is 11.6 Å². The topological polar surface area (TPSA) is 27.7 Å². The molecule has 2 aliphatic rings. The summed E-state index contributed by atoms with van der Waals surface area (Å²) >= 11 is 0. The van der Waals surface area contributed by atoms with Crippen molar-refractivity contribution in [2.75, 3.05) is 19.8 Å². The lowest BCUT2D eigenvalue weighted by molar-refractivity contribution is -0.0956. The zero-order valence-electron chi connectivity index (χ0n) is 19.4. The highest BCUT2D eigenvalue weighted by Crippen LogP contribution is 2.34. The van der Waals surface area contributed by atoms with Crippen LogP contribution in [-0.4, -0.2) is 25.9 Å². The lowest BCUT2D eigenvalue weighted by atomic mass is 9.82. The molecular formula is C28H34F2O3. The predicted octanol–water partition coefficient (Wildman–Crippen LogP) is 7.26. The van der Waals surface area contributed by atoms with Crippen LogP contribution >= 0.6 is 0 Å². The number of allylic oxidation sites excluding steroid dienone is 1. The second-order valence-corrected chi connectivity index (χ2v) is 9.17. The Balaban J connectivity index is 1.28. The Hall–Kier alpha value is -2.24. The third-order valence-electron chi connectivity index (χ3n) is 6.97. The molecule has 4 rings (SSSR count). The highest BCUT2D eigenvalue weighted by molar-refractivity contribution is 5.65. The molecule has 0 spiro atoms. The molecule has 1 aliphatic heterocycles. The summed E-state index contributed by atoms with van der Waals surface area (Å²) in [6.07, 6.45) is 8.99. The van der Waals surface area contributed by atoms with Crippen LogP contribution in [0.3, 0.4) is 0 Å². The Morgan fingerprint density at radius 1 is 0.970 bits per heavy atom. The van der Waals surface area contributed by atoms with Crippen LogP contribution in [0.5, 0.6) is 5.75 Å². The molecule has 33 heavy (non-hydrogen) atoms. The molecule has 1 saturated carbocycles. The Morgan fingerprint density at radius 3 is 2.36 bits per heavy atom. The van der Waals surface area contributed by atoms with E-state index in [0.717, 1.165) is 25.0 Å². The highest BCUT2D eigenvalue weighted by Gasteiger charge is 2.26. The summed E-state index contributed by atoms with van der Waals surface area (Å²) in [5.74, 6) is -0.572. The van der Waals surface area contributed by atoms with Crippen LogP contribution in [0.15, 0.2) is 49.1 Å². The smallest absolute Gasteiger partial charge is 0.201 e. The predicted molar refractivity (Wildman–Crippen MR) is 126 cm³/mol. The monoisotopic (exact) mass is 456 g/mol. The first-order chi connectivity index (χ1) is 16.1. The standard InChI is InChI=1S/C28H34F2O3/c1-3-19-5-7-20(8-6-19)17-32-23-13-15-25(33-18-23)22-11-9-21(10-12-22)24-14-16-26(31-4-2)28(30)27(24)29/h3,9-12,14,16,19-20,23,25H,1,4-8,13,15,17-18H2,2H3. The molecule has 2 unspecified atom stereocenters. The molecule has 2 atom stereocenters. The van der Waals surface area contributed by atoms with Gasteiger partial charge >= 0.3 is 0 Å². The highest BCUT2D eigenvalue weighted by atomic mass is 19.2. The first kappa shape index (κ1) is 23.9. The van der Waals surface area contributed by atoms with Gasteiger partial charge in [-0.1, -0.05) is 30.3 Å². The average Bonchev–Trinajstić information content (AvgIpc) is 2.87. The number of halogens is 2. The van der Waals surface area contributed by atoms with Crippen LogP contribution in [-0.2, 0) is 9.47 Å². The lowest BCUT2D eigenvalue weighted by Crippen LogP contribution is -2.30. The lowest BCUT2D eigenvalue weighted by Gasteiger charge is -2.32. The fraction of sp³-hybridized carbons (Fsp3) is 0.500. The second-order valence-electron chi connectivity index (χ2n) is 9.17. The van der Waals surface area contributed by atoms with E-state index in [1.807, 2.05) is 24.3 Å². The van der Waals surface area contributed by atoms with Crippen molar-refractivity contribution in [3.8, 4) is 16.9 Å². The van der Waals surface area contributed by atoms with Crippen LogP contribution in [0.1, 0.15) is 57.1 Å². The zero-order valence-corrected chi connectivity index (χ0v) is 19.4. The van der Waals surface area contributed by atoms with Crippen LogP contribution in [0.2, 0.25) is 0 Å². The normalized spacial score (nSPS) is 25.5. The Bertz CT molecular complexity index is 911. The van der Waals surface area contributed by atoms with Crippen molar-refractivity contribution in [2.45, 2.75) is 57.7 Å². The number of ether oxygens (including phenoxy) is 3. The number of benzene rings is 2. The first-order valence-corrected chi connectivity index (χ1v) is 12.2. The summed E-state index contributed by atoms with van der Waals surface area (Å²) in [5.41, 5.74) is 1.90. The minimum absolute atomic E-state index is 0.00356. The molecule has 1 aliphatic carbocycles. The molecule has 2 fully saturated rings. The molecule has 178 valence electrons. The average molecular weight is 457 g/mol. The van der Waals surface area contributed by atoms with Gasteiger partial charge in [-0.2, -0.15) is 4.39 Å². The van der Waals surface area contributed by atoms with Crippen molar-refractivity contribution in [1.29, 1.82) is 0 Å². The third kappa shape index (κ3) is 5.82. The molecule has 0 amide bonds. The molecule has 1 heterocycles. The molecule has 1 saturated heterocycles. The molecule has 3 nitrogen and oxygen atoms in total. The van der Waals surface area contributed by atoms with E-state index in [2.05, 4.69) is 12.7 Å². The quantitative estimate of drug-likeness (QED) is 0.391. The molecule has 0 aromatic heterocycles. The Labute approximate surface area is 195 Å². The largest absolute Gasteiger partial charge is 0.491 e. The zero-order chi connectivity index (χ0) is 23.2. The molecule has 2 aromatic rings. The third-order valence-corrected chi connectivity index (χ3v) is 6.97. The molecule has 2 aromatic carbocycles. The van der Waals surface area contributed by atoms with E-state index >= 15 is 0 Å². The number of hydrogen-bond acceptors (Lipinski definition) is 3. The molecular weight excluding hydrogens is 422 g/mol. The van der Waals surface area contributed by atoms with Gasteiger partial charge in [-0.3, -0.25) is 0 Å². The van der Waals surface area contributed by atoms with Crippen molar-refractivity contribution >= 4 is 0 Å².